The molecule has 2 saturated heterocycles. The first-order valence-corrected chi connectivity index (χ1v) is 8.88. The summed E-state index contributed by atoms with van der Waals surface area (Å²) in [5.41, 5.74) is 0.186. The van der Waals surface area contributed by atoms with Gasteiger partial charge in [-0.15, -0.1) is 0 Å². The summed E-state index contributed by atoms with van der Waals surface area (Å²) in [5.74, 6) is 0. The van der Waals surface area contributed by atoms with E-state index in [1.165, 1.54) is 12.8 Å². The maximum atomic E-state index is 12.7. The fraction of sp³-hybridized carbons (Fsp3) is 0.625. The molecule has 0 aliphatic carbocycles. The van der Waals surface area contributed by atoms with E-state index in [0.717, 1.165) is 37.4 Å². The van der Waals surface area contributed by atoms with Gasteiger partial charge in [0.2, 0.25) is 0 Å². The number of hydrogen-bond donors (Lipinski definition) is 1. The van der Waals surface area contributed by atoms with Crippen LogP contribution in [0.3, 0.4) is 0 Å². The zero-order chi connectivity index (χ0) is 14.4. The molecule has 1 aromatic rings. The summed E-state index contributed by atoms with van der Waals surface area (Å²) >= 11 is 0. The number of benzene rings is 1. The summed E-state index contributed by atoms with van der Waals surface area (Å²) < 4.78 is 15.0. The van der Waals surface area contributed by atoms with Gasteiger partial charge in [0, 0.05) is 12.1 Å². The second-order valence-electron chi connectivity index (χ2n) is 5.24. The minimum absolute atomic E-state index is 0.186. The lowest BCUT2D eigenvalue weighted by molar-refractivity contribution is 0.188. The standard InChI is InChI=1S/C14H20N2OS.C2H6/c17-18(13-5-2-1-3-6-13)16-12-4-7-14(16)8-10-15-11-9-14;1-2/h1-3,5-6,15H,4,7-12H2;1-2H3. The first kappa shape index (κ1) is 15.7. The normalized spacial score (nSPS) is 23.1. The van der Waals surface area contributed by atoms with Crippen LogP contribution in [0.1, 0.15) is 39.5 Å². The highest BCUT2D eigenvalue weighted by molar-refractivity contribution is 7.82. The Labute approximate surface area is 125 Å². The molecule has 2 aliphatic heterocycles. The number of nitrogens with one attached hydrogen (secondary N) is 1. The van der Waals surface area contributed by atoms with Gasteiger partial charge in [0.05, 0.1) is 4.90 Å². The van der Waals surface area contributed by atoms with Crippen LogP contribution >= 0.6 is 0 Å². The van der Waals surface area contributed by atoms with E-state index in [9.17, 15) is 4.21 Å². The molecule has 0 radical (unpaired) electrons. The van der Waals surface area contributed by atoms with E-state index in [0.29, 0.717) is 0 Å². The molecular weight excluding hydrogens is 268 g/mol. The molecule has 0 saturated carbocycles. The molecule has 2 heterocycles. The predicted molar refractivity (Wildman–Crippen MR) is 85.0 cm³/mol. The Balaban J connectivity index is 0.000000704. The lowest BCUT2D eigenvalue weighted by Crippen LogP contribution is -2.51. The third kappa shape index (κ3) is 3.13. The van der Waals surface area contributed by atoms with Crippen LogP contribution in [0.15, 0.2) is 35.2 Å². The van der Waals surface area contributed by atoms with Crippen LogP contribution in [0.2, 0.25) is 0 Å². The maximum Gasteiger partial charge on any atom is 0.128 e. The first-order valence-electron chi connectivity index (χ1n) is 7.77. The van der Waals surface area contributed by atoms with Crippen LogP contribution in [-0.4, -0.2) is 33.7 Å². The fourth-order valence-electron chi connectivity index (χ4n) is 3.23. The van der Waals surface area contributed by atoms with Gasteiger partial charge in [-0.1, -0.05) is 32.0 Å². The molecule has 4 heteroatoms. The van der Waals surface area contributed by atoms with Crippen molar-refractivity contribution in [2.75, 3.05) is 19.6 Å². The Kier molecular flexibility index (Phi) is 5.75. The van der Waals surface area contributed by atoms with E-state index >= 15 is 0 Å². The number of hydrogen-bond acceptors (Lipinski definition) is 2. The lowest BCUT2D eigenvalue weighted by Gasteiger charge is -2.40. The summed E-state index contributed by atoms with van der Waals surface area (Å²) in [4.78, 5) is 0.942. The van der Waals surface area contributed by atoms with Crippen molar-refractivity contribution < 1.29 is 4.21 Å². The van der Waals surface area contributed by atoms with Gasteiger partial charge in [0.1, 0.15) is 11.0 Å². The minimum atomic E-state index is -0.990. The van der Waals surface area contributed by atoms with Crippen molar-refractivity contribution in [3.63, 3.8) is 0 Å². The largest absolute Gasteiger partial charge is 0.317 e. The molecular formula is C16H26N2OS. The second-order valence-corrected chi connectivity index (χ2v) is 6.65. The molecule has 0 bridgehead atoms. The zero-order valence-corrected chi connectivity index (χ0v) is 13.4. The predicted octanol–water partition coefficient (Wildman–Crippen LogP) is 2.95. The van der Waals surface area contributed by atoms with Gasteiger partial charge >= 0.3 is 0 Å². The van der Waals surface area contributed by atoms with E-state index in [2.05, 4.69) is 9.62 Å². The Bertz CT molecular complexity index is 429. The number of rotatable bonds is 2. The average molecular weight is 294 g/mol. The highest BCUT2D eigenvalue weighted by atomic mass is 32.2. The van der Waals surface area contributed by atoms with Crippen LogP contribution in [0.25, 0.3) is 0 Å². The Hall–Kier alpha value is -0.710. The summed E-state index contributed by atoms with van der Waals surface area (Å²) in [6.07, 6.45) is 4.64. The van der Waals surface area contributed by atoms with Crippen molar-refractivity contribution in [2.24, 2.45) is 0 Å². The molecule has 1 N–H and O–H groups in total. The van der Waals surface area contributed by atoms with Crippen LogP contribution < -0.4 is 5.32 Å². The van der Waals surface area contributed by atoms with Crippen LogP contribution in [-0.2, 0) is 11.0 Å². The Morgan fingerprint density at radius 3 is 2.40 bits per heavy atom. The molecule has 112 valence electrons. The second kappa shape index (κ2) is 7.34. The first-order chi connectivity index (χ1) is 9.82. The third-order valence-electron chi connectivity index (χ3n) is 4.21. The van der Waals surface area contributed by atoms with Gasteiger partial charge in [-0.3, -0.25) is 0 Å². The minimum Gasteiger partial charge on any atom is -0.317 e. The summed E-state index contributed by atoms with van der Waals surface area (Å²) in [5, 5.41) is 3.41. The van der Waals surface area contributed by atoms with Gasteiger partial charge < -0.3 is 5.32 Å². The quantitative estimate of drug-likeness (QED) is 0.909. The lowest BCUT2D eigenvalue weighted by atomic mass is 9.87. The Morgan fingerprint density at radius 1 is 1.10 bits per heavy atom. The van der Waals surface area contributed by atoms with Crippen molar-refractivity contribution >= 4 is 11.0 Å². The number of nitrogens with zero attached hydrogens (tertiary/aromatic N) is 1. The van der Waals surface area contributed by atoms with E-state index in [1.54, 1.807) is 0 Å². The highest BCUT2D eigenvalue weighted by Gasteiger charge is 2.44. The van der Waals surface area contributed by atoms with Gasteiger partial charge in [0.25, 0.3) is 0 Å². The molecule has 3 nitrogen and oxygen atoms in total. The molecule has 2 aliphatic rings. The van der Waals surface area contributed by atoms with Crippen molar-refractivity contribution in [3.05, 3.63) is 30.3 Å². The van der Waals surface area contributed by atoms with Crippen molar-refractivity contribution in [2.45, 2.75) is 50.0 Å². The van der Waals surface area contributed by atoms with Gasteiger partial charge in [0.15, 0.2) is 0 Å². The monoisotopic (exact) mass is 294 g/mol. The summed E-state index contributed by atoms with van der Waals surface area (Å²) in [7, 11) is -0.990. The van der Waals surface area contributed by atoms with Gasteiger partial charge in [-0.25, -0.2) is 8.51 Å². The van der Waals surface area contributed by atoms with Crippen molar-refractivity contribution in [1.82, 2.24) is 9.62 Å². The molecule has 1 atom stereocenters. The van der Waals surface area contributed by atoms with E-state index in [1.807, 2.05) is 44.2 Å². The fourth-order valence-corrected chi connectivity index (χ4v) is 4.79. The summed E-state index contributed by atoms with van der Waals surface area (Å²) in [6.45, 7) is 7.09. The van der Waals surface area contributed by atoms with Crippen molar-refractivity contribution in [1.29, 1.82) is 0 Å². The molecule has 0 aromatic heterocycles. The topological polar surface area (TPSA) is 32.3 Å². The van der Waals surface area contributed by atoms with E-state index in [-0.39, 0.29) is 5.54 Å². The number of piperidine rings is 1. The molecule has 3 rings (SSSR count). The smallest absolute Gasteiger partial charge is 0.128 e. The van der Waals surface area contributed by atoms with Crippen molar-refractivity contribution in [3.8, 4) is 0 Å². The average Bonchev–Trinajstić information content (AvgIpc) is 2.93. The van der Waals surface area contributed by atoms with E-state index < -0.39 is 11.0 Å². The van der Waals surface area contributed by atoms with Crippen LogP contribution in [0.5, 0.6) is 0 Å². The molecule has 2 fully saturated rings. The summed E-state index contributed by atoms with van der Waals surface area (Å²) in [6, 6.07) is 9.87. The molecule has 20 heavy (non-hydrogen) atoms. The van der Waals surface area contributed by atoms with E-state index in [4.69, 9.17) is 0 Å². The molecule has 1 aromatic carbocycles. The molecule has 1 unspecified atom stereocenters. The maximum absolute atomic E-state index is 12.7. The van der Waals surface area contributed by atoms with Crippen LogP contribution in [0, 0.1) is 0 Å². The molecule has 0 amide bonds. The van der Waals surface area contributed by atoms with Crippen LogP contribution in [0.4, 0.5) is 0 Å². The highest BCUT2D eigenvalue weighted by Crippen LogP contribution is 2.39. The van der Waals surface area contributed by atoms with Gasteiger partial charge in [-0.05, 0) is 50.9 Å². The third-order valence-corrected chi connectivity index (χ3v) is 5.86. The Morgan fingerprint density at radius 2 is 1.75 bits per heavy atom. The molecule has 1 spiro atoms. The van der Waals surface area contributed by atoms with Gasteiger partial charge in [-0.2, -0.15) is 0 Å². The zero-order valence-electron chi connectivity index (χ0n) is 12.6. The SMILES string of the molecule is CC.O=S(c1ccccc1)N1CCCC12CCNCC2.